The molecule has 0 spiro atoms. The molecule has 2 aromatic heterocycles. The summed E-state index contributed by atoms with van der Waals surface area (Å²) in [6.07, 6.45) is 5.91. The van der Waals surface area contributed by atoms with E-state index in [1.165, 1.54) is 0 Å². The van der Waals surface area contributed by atoms with E-state index >= 15 is 0 Å². The maximum atomic E-state index is 12.8. The number of nitriles is 1. The number of esters is 1. The summed E-state index contributed by atoms with van der Waals surface area (Å²) in [5.41, 5.74) is 6.63. The maximum absolute atomic E-state index is 12.8. The SMILES string of the molecule is CCOC(=O)c1c(-c2ccc(-c3cccnc3)cc2)c[nH]c1Cc1cccc(C#N)c1. The van der Waals surface area contributed by atoms with Crippen LogP contribution in [-0.4, -0.2) is 22.5 Å². The Labute approximate surface area is 181 Å². The molecule has 0 amide bonds. The van der Waals surface area contributed by atoms with Gasteiger partial charge in [-0.3, -0.25) is 4.98 Å². The number of nitrogens with one attached hydrogen (secondary N) is 1. The molecule has 31 heavy (non-hydrogen) atoms. The minimum Gasteiger partial charge on any atom is -0.462 e. The molecular weight excluding hydrogens is 386 g/mol. The molecule has 1 N–H and O–H groups in total. The number of ether oxygens (including phenoxy) is 1. The Morgan fingerprint density at radius 1 is 1.06 bits per heavy atom. The van der Waals surface area contributed by atoms with Gasteiger partial charge in [0.05, 0.1) is 23.8 Å². The van der Waals surface area contributed by atoms with E-state index in [1.54, 1.807) is 19.2 Å². The van der Waals surface area contributed by atoms with Gasteiger partial charge in [0.2, 0.25) is 0 Å². The van der Waals surface area contributed by atoms with Crippen molar-refractivity contribution >= 4 is 5.97 Å². The molecule has 0 aliphatic heterocycles. The van der Waals surface area contributed by atoms with Gasteiger partial charge in [-0.25, -0.2) is 4.79 Å². The van der Waals surface area contributed by atoms with Gasteiger partial charge in [-0.2, -0.15) is 5.26 Å². The lowest BCUT2D eigenvalue weighted by molar-refractivity contribution is 0.0526. The zero-order chi connectivity index (χ0) is 21.6. The van der Waals surface area contributed by atoms with Crippen molar-refractivity contribution in [2.45, 2.75) is 13.3 Å². The van der Waals surface area contributed by atoms with Gasteiger partial charge >= 0.3 is 5.97 Å². The third-order valence-corrected chi connectivity index (χ3v) is 5.07. The number of benzene rings is 2. The number of H-pyrrole nitrogens is 1. The molecule has 0 unspecified atom stereocenters. The molecule has 4 aromatic rings. The second kappa shape index (κ2) is 9.10. The molecular formula is C26H21N3O2. The summed E-state index contributed by atoms with van der Waals surface area (Å²) in [7, 11) is 0. The average molecular weight is 407 g/mol. The van der Waals surface area contributed by atoms with Gasteiger partial charge in [0.15, 0.2) is 0 Å². The highest BCUT2D eigenvalue weighted by molar-refractivity contribution is 5.99. The van der Waals surface area contributed by atoms with Crippen molar-refractivity contribution in [1.82, 2.24) is 9.97 Å². The first-order valence-electron chi connectivity index (χ1n) is 10.1. The molecule has 0 bridgehead atoms. The van der Waals surface area contributed by atoms with Crippen LogP contribution in [0.25, 0.3) is 22.3 Å². The zero-order valence-corrected chi connectivity index (χ0v) is 17.1. The van der Waals surface area contributed by atoms with Crippen LogP contribution in [0.15, 0.2) is 79.3 Å². The quantitative estimate of drug-likeness (QED) is 0.435. The van der Waals surface area contributed by atoms with Gasteiger partial charge in [-0.15, -0.1) is 0 Å². The van der Waals surface area contributed by atoms with Crippen molar-refractivity contribution in [3.05, 3.63) is 102 Å². The Hall–Kier alpha value is -4.17. The molecule has 2 heterocycles. The first kappa shape index (κ1) is 20.1. The van der Waals surface area contributed by atoms with Crippen molar-refractivity contribution in [3.8, 4) is 28.3 Å². The fraction of sp³-hybridized carbons (Fsp3) is 0.115. The van der Waals surface area contributed by atoms with Crippen molar-refractivity contribution < 1.29 is 9.53 Å². The third kappa shape index (κ3) is 4.39. The molecule has 0 radical (unpaired) electrons. The molecule has 0 saturated heterocycles. The summed E-state index contributed by atoms with van der Waals surface area (Å²) < 4.78 is 5.35. The lowest BCUT2D eigenvalue weighted by atomic mass is 9.97. The normalized spacial score (nSPS) is 10.5. The Bertz CT molecular complexity index is 1240. The summed E-state index contributed by atoms with van der Waals surface area (Å²) in [6.45, 7) is 2.09. The molecule has 5 heteroatoms. The van der Waals surface area contributed by atoms with Crippen LogP contribution < -0.4 is 0 Å². The molecule has 152 valence electrons. The van der Waals surface area contributed by atoms with E-state index in [0.717, 1.165) is 33.5 Å². The number of carbonyl (C=O) groups is 1. The number of carbonyl (C=O) groups excluding carboxylic acids is 1. The summed E-state index contributed by atoms with van der Waals surface area (Å²) in [6, 6.07) is 21.5. The molecule has 0 atom stereocenters. The van der Waals surface area contributed by atoms with Crippen molar-refractivity contribution in [1.29, 1.82) is 5.26 Å². The van der Waals surface area contributed by atoms with Gasteiger partial charge in [0.25, 0.3) is 0 Å². The summed E-state index contributed by atoms with van der Waals surface area (Å²) in [5.74, 6) is -0.360. The predicted octanol–water partition coefficient (Wildman–Crippen LogP) is 5.38. The van der Waals surface area contributed by atoms with Crippen LogP contribution in [0, 0.1) is 11.3 Å². The number of hydrogen-bond donors (Lipinski definition) is 1. The third-order valence-electron chi connectivity index (χ3n) is 5.07. The molecule has 5 nitrogen and oxygen atoms in total. The van der Waals surface area contributed by atoms with E-state index in [0.29, 0.717) is 24.2 Å². The summed E-state index contributed by atoms with van der Waals surface area (Å²) >= 11 is 0. The Morgan fingerprint density at radius 2 is 1.87 bits per heavy atom. The first-order valence-corrected chi connectivity index (χ1v) is 10.1. The minimum atomic E-state index is -0.360. The number of nitrogens with zero attached hydrogens (tertiary/aromatic N) is 2. The van der Waals surface area contributed by atoms with Crippen LogP contribution in [0.2, 0.25) is 0 Å². The Balaban J connectivity index is 1.70. The highest BCUT2D eigenvalue weighted by Crippen LogP contribution is 2.30. The van der Waals surface area contributed by atoms with Gasteiger partial charge < -0.3 is 9.72 Å². The fourth-order valence-electron chi connectivity index (χ4n) is 3.60. The van der Waals surface area contributed by atoms with Crippen LogP contribution in [0.5, 0.6) is 0 Å². The van der Waals surface area contributed by atoms with E-state index < -0.39 is 0 Å². The van der Waals surface area contributed by atoms with Gasteiger partial charge in [-0.05, 0) is 47.4 Å². The maximum Gasteiger partial charge on any atom is 0.340 e. The van der Waals surface area contributed by atoms with E-state index in [9.17, 15) is 4.79 Å². The van der Waals surface area contributed by atoms with E-state index in [-0.39, 0.29) is 5.97 Å². The lowest BCUT2D eigenvalue weighted by Crippen LogP contribution is -2.08. The topological polar surface area (TPSA) is 78.8 Å². The smallest absolute Gasteiger partial charge is 0.340 e. The van der Waals surface area contributed by atoms with E-state index in [4.69, 9.17) is 10.00 Å². The van der Waals surface area contributed by atoms with Crippen LogP contribution in [-0.2, 0) is 11.2 Å². The number of hydrogen-bond acceptors (Lipinski definition) is 4. The molecule has 0 aliphatic carbocycles. The number of pyridine rings is 1. The number of rotatable bonds is 6. The molecule has 4 rings (SSSR count). The van der Waals surface area contributed by atoms with Gasteiger partial charge in [0.1, 0.15) is 0 Å². The van der Waals surface area contributed by atoms with Gasteiger partial charge in [0, 0.05) is 36.3 Å². The second-order valence-electron chi connectivity index (χ2n) is 7.08. The summed E-state index contributed by atoms with van der Waals surface area (Å²) in [4.78, 5) is 20.2. The lowest BCUT2D eigenvalue weighted by Gasteiger charge is -2.09. The largest absolute Gasteiger partial charge is 0.462 e. The fourth-order valence-corrected chi connectivity index (χ4v) is 3.60. The second-order valence-corrected chi connectivity index (χ2v) is 7.08. The average Bonchev–Trinajstić information content (AvgIpc) is 3.23. The monoisotopic (exact) mass is 407 g/mol. The van der Waals surface area contributed by atoms with Gasteiger partial charge in [-0.1, -0.05) is 42.5 Å². The first-order chi connectivity index (χ1) is 15.2. The molecule has 2 aromatic carbocycles. The van der Waals surface area contributed by atoms with Crippen LogP contribution in [0.4, 0.5) is 0 Å². The van der Waals surface area contributed by atoms with Crippen LogP contribution in [0.1, 0.15) is 34.1 Å². The summed E-state index contributed by atoms with van der Waals surface area (Å²) in [5, 5.41) is 9.16. The van der Waals surface area contributed by atoms with Crippen LogP contribution in [0.3, 0.4) is 0 Å². The minimum absolute atomic E-state index is 0.298. The Morgan fingerprint density at radius 3 is 2.58 bits per heavy atom. The predicted molar refractivity (Wildman–Crippen MR) is 119 cm³/mol. The zero-order valence-electron chi connectivity index (χ0n) is 17.1. The van der Waals surface area contributed by atoms with Crippen LogP contribution >= 0.6 is 0 Å². The van der Waals surface area contributed by atoms with Crippen molar-refractivity contribution in [2.24, 2.45) is 0 Å². The van der Waals surface area contributed by atoms with E-state index in [1.807, 2.05) is 67.0 Å². The highest BCUT2D eigenvalue weighted by Gasteiger charge is 2.21. The van der Waals surface area contributed by atoms with E-state index in [2.05, 4.69) is 16.0 Å². The molecule has 0 fully saturated rings. The molecule has 0 saturated carbocycles. The molecule has 0 aliphatic rings. The number of aromatic nitrogens is 2. The number of aromatic amines is 1. The Kier molecular flexibility index (Phi) is 5.91. The standard InChI is InChI=1S/C26H21N3O2/c1-2-31-26(30)25-23(17-29-24(25)14-18-5-3-6-19(13-18)15-27)21-10-8-20(9-11-21)22-7-4-12-28-16-22/h3-13,16-17,29H,2,14H2,1H3. The highest BCUT2D eigenvalue weighted by atomic mass is 16.5. The van der Waals surface area contributed by atoms with Crippen molar-refractivity contribution in [2.75, 3.05) is 6.61 Å². The van der Waals surface area contributed by atoms with Crippen molar-refractivity contribution in [3.63, 3.8) is 0 Å².